The molecule has 0 bridgehead atoms. The maximum Gasteiger partial charge on any atom is 0.261 e. The van der Waals surface area contributed by atoms with Crippen LogP contribution in [-0.4, -0.2) is 20.9 Å². The van der Waals surface area contributed by atoms with Crippen LogP contribution in [0.4, 0.5) is 5.69 Å². The maximum absolute atomic E-state index is 12.8. The zero-order chi connectivity index (χ0) is 25.5. The molecule has 0 unspecified atom stereocenters. The van der Waals surface area contributed by atoms with Gasteiger partial charge in [-0.25, -0.2) is 8.42 Å². The number of carbonyl (C=O) groups excluding carboxylic acids is 1. The van der Waals surface area contributed by atoms with Gasteiger partial charge >= 0.3 is 0 Å². The van der Waals surface area contributed by atoms with Gasteiger partial charge in [-0.2, -0.15) is 0 Å². The van der Waals surface area contributed by atoms with Crippen LogP contribution in [0.5, 0.6) is 5.75 Å². The van der Waals surface area contributed by atoms with Gasteiger partial charge in [0.2, 0.25) is 0 Å². The average molecular weight is 501 g/mol. The van der Waals surface area contributed by atoms with Crippen LogP contribution in [-0.2, 0) is 14.8 Å². The van der Waals surface area contributed by atoms with Crippen molar-refractivity contribution in [3.05, 3.63) is 125 Å². The Morgan fingerprint density at radius 1 is 0.806 bits per heavy atom. The third-order valence-electron chi connectivity index (χ3n) is 5.71. The molecule has 4 rings (SSSR count). The van der Waals surface area contributed by atoms with E-state index in [1.165, 1.54) is 24.3 Å². The van der Waals surface area contributed by atoms with Gasteiger partial charge in [-0.15, -0.1) is 0 Å². The highest BCUT2D eigenvalue weighted by atomic mass is 32.2. The number of anilines is 1. The van der Waals surface area contributed by atoms with Crippen LogP contribution in [0.3, 0.4) is 0 Å². The van der Waals surface area contributed by atoms with Gasteiger partial charge < -0.3 is 10.1 Å². The van der Waals surface area contributed by atoms with Crippen molar-refractivity contribution in [1.82, 2.24) is 5.32 Å². The van der Waals surface area contributed by atoms with E-state index >= 15 is 0 Å². The number of rotatable bonds is 9. The van der Waals surface area contributed by atoms with E-state index in [1.807, 2.05) is 86.6 Å². The van der Waals surface area contributed by atoms with Crippen molar-refractivity contribution >= 4 is 21.6 Å². The molecule has 0 saturated heterocycles. The van der Waals surface area contributed by atoms with E-state index in [9.17, 15) is 13.2 Å². The van der Waals surface area contributed by atoms with Gasteiger partial charge in [0.05, 0.1) is 16.6 Å². The summed E-state index contributed by atoms with van der Waals surface area (Å²) in [6, 6.07) is 30.7. The van der Waals surface area contributed by atoms with Crippen LogP contribution in [0, 0.1) is 13.8 Å². The van der Waals surface area contributed by atoms with Crippen LogP contribution in [0.1, 0.15) is 28.3 Å². The molecule has 0 aliphatic carbocycles. The van der Waals surface area contributed by atoms with Gasteiger partial charge in [0.25, 0.3) is 15.9 Å². The molecule has 184 valence electrons. The number of ether oxygens (including phenoxy) is 1. The maximum atomic E-state index is 12.8. The standard InChI is InChI=1S/C29H28N2O4S/c1-21-13-14-22(2)27(19-21)31-36(33,34)26-17-15-25(16-18-26)35-20-28(32)30-29(23-9-5-3-6-10-23)24-11-7-4-8-12-24/h3-19,29,31H,20H2,1-2H3,(H,30,32). The Balaban J connectivity index is 1.40. The molecule has 1 amide bonds. The normalized spacial score (nSPS) is 11.2. The molecular weight excluding hydrogens is 472 g/mol. The Labute approximate surface area is 212 Å². The summed E-state index contributed by atoms with van der Waals surface area (Å²) in [7, 11) is -3.76. The number of nitrogens with one attached hydrogen (secondary N) is 2. The first-order valence-corrected chi connectivity index (χ1v) is 13.0. The highest BCUT2D eigenvalue weighted by Gasteiger charge is 2.18. The lowest BCUT2D eigenvalue weighted by Gasteiger charge is -2.20. The molecule has 0 atom stereocenters. The van der Waals surface area contributed by atoms with Crippen LogP contribution in [0.15, 0.2) is 108 Å². The van der Waals surface area contributed by atoms with E-state index in [4.69, 9.17) is 4.74 Å². The quantitative estimate of drug-likeness (QED) is 0.323. The average Bonchev–Trinajstić information content (AvgIpc) is 2.89. The predicted molar refractivity (Wildman–Crippen MR) is 142 cm³/mol. The zero-order valence-corrected chi connectivity index (χ0v) is 21.0. The second kappa shape index (κ2) is 11.1. The van der Waals surface area contributed by atoms with Crippen LogP contribution in [0.25, 0.3) is 0 Å². The van der Waals surface area contributed by atoms with Crippen molar-refractivity contribution in [1.29, 1.82) is 0 Å². The van der Waals surface area contributed by atoms with Gasteiger partial charge in [-0.1, -0.05) is 72.8 Å². The summed E-state index contributed by atoms with van der Waals surface area (Å²) in [5.41, 5.74) is 4.26. The van der Waals surface area contributed by atoms with Crippen LogP contribution < -0.4 is 14.8 Å². The summed E-state index contributed by atoms with van der Waals surface area (Å²) in [6.07, 6.45) is 0. The van der Waals surface area contributed by atoms with Crippen molar-refractivity contribution < 1.29 is 17.9 Å². The van der Waals surface area contributed by atoms with Crippen LogP contribution in [0.2, 0.25) is 0 Å². The molecule has 0 fully saturated rings. The molecule has 0 spiro atoms. The highest BCUT2D eigenvalue weighted by Crippen LogP contribution is 2.24. The van der Waals surface area contributed by atoms with Gasteiger partial charge in [0.15, 0.2) is 6.61 Å². The van der Waals surface area contributed by atoms with Crippen molar-refractivity contribution in [2.45, 2.75) is 24.8 Å². The first-order chi connectivity index (χ1) is 17.3. The number of aryl methyl sites for hydroxylation is 2. The van der Waals surface area contributed by atoms with E-state index in [2.05, 4.69) is 10.0 Å². The molecule has 4 aromatic carbocycles. The van der Waals surface area contributed by atoms with Crippen LogP contribution >= 0.6 is 0 Å². The fourth-order valence-electron chi connectivity index (χ4n) is 3.77. The largest absolute Gasteiger partial charge is 0.484 e. The summed E-state index contributed by atoms with van der Waals surface area (Å²) >= 11 is 0. The summed E-state index contributed by atoms with van der Waals surface area (Å²) in [5.74, 6) is 0.104. The minimum Gasteiger partial charge on any atom is -0.484 e. The topological polar surface area (TPSA) is 84.5 Å². The molecule has 4 aromatic rings. The van der Waals surface area contributed by atoms with Gasteiger partial charge in [-0.3, -0.25) is 9.52 Å². The molecule has 0 saturated carbocycles. The number of benzene rings is 4. The SMILES string of the molecule is Cc1ccc(C)c(NS(=O)(=O)c2ccc(OCC(=O)NC(c3ccccc3)c3ccccc3)cc2)c1. The van der Waals surface area contributed by atoms with E-state index in [0.29, 0.717) is 11.4 Å². The van der Waals surface area contributed by atoms with E-state index in [-0.39, 0.29) is 23.5 Å². The number of carbonyl (C=O) groups is 1. The zero-order valence-electron chi connectivity index (χ0n) is 20.1. The Morgan fingerprint density at radius 2 is 1.39 bits per heavy atom. The predicted octanol–water partition coefficient (Wildman–Crippen LogP) is 5.39. The van der Waals surface area contributed by atoms with Gasteiger partial charge in [0, 0.05) is 0 Å². The van der Waals surface area contributed by atoms with E-state index in [0.717, 1.165) is 22.3 Å². The number of hydrogen-bond donors (Lipinski definition) is 2. The molecule has 0 aliphatic rings. The van der Waals surface area contributed by atoms with Crippen molar-refractivity contribution in [2.24, 2.45) is 0 Å². The van der Waals surface area contributed by atoms with E-state index < -0.39 is 10.0 Å². The highest BCUT2D eigenvalue weighted by molar-refractivity contribution is 7.92. The Bertz CT molecular complexity index is 1380. The second-order valence-corrected chi connectivity index (χ2v) is 10.2. The van der Waals surface area contributed by atoms with Gasteiger partial charge in [0.1, 0.15) is 5.75 Å². The minimum absolute atomic E-state index is 0.105. The number of amides is 1. The fourth-order valence-corrected chi connectivity index (χ4v) is 4.89. The summed E-state index contributed by atoms with van der Waals surface area (Å²) < 4.78 is 33.9. The lowest BCUT2D eigenvalue weighted by atomic mass is 9.99. The fraction of sp³-hybridized carbons (Fsp3) is 0.138. The molecule has 0 heterocycles. The summed E-state index contributed by atoms with van der Waals surface area (Å²) in [6.45, 7) is 3.55. The summed E-state index contributed by atoms with van der Waals surface area (Å²) in [4.78, 5) is 12.8. The minimum atomic E-state index is -3.76. The van der Waals surface area contributed by atoms with E-state index in [1.54, 1.807) is 6.07 Å². The molecule has 0 aromatic heterocycles. The third-order valence-corrected chi connectivity index (χ3v) is 7.09. The van der Waals surface area contributed by atoms with Gasteiger partial charge in [-0.05, 0) is 66.4 Å². The molecule has 6 nitrogen and oxygen atoms in total. The molecular formula is C29H28N2O4S. The number of hydrogen-bond acceptors (Lipinski definition) is 4. The molecule has 36 heavy (non-hydrogen) atoms. The summed E-state index contributed by atoms with van der Waals surface area (Å²) in [5, 5.41) is 3.02. The lowest BCUT2D eigenvalue weighted by Crippen LogP contribution is -2.33. The van der Waals surface area contributed by atoms with Crippen molar-refractivity contribution in [3.63, 3.8) is 0 Å². The molecule has 0 aliphatic heterocycles. The van der Waals surface area contributed by atoms with Crippen molar-refractivity contribution in [2.75, 3.05) is 11.3 Å². The molecule has 7 heteroatoms. The molecule has 2 N–H and O–H groups in total. The lowest BCUT2D eigenvalue weighted by molar-refractivity contribution is -0.123. The molecule has 0 radical (unpaired) electrons. The Hall–Kier alpha value is -4.10. The first kappa shape index (κ1) is 25.0. The monoisotopic (exact) mass is 500 g/mol. The second-order valence-electron chi connectivity index (χ2n) is 8.51. The van der Waals surface area contributed by atoms with Crippen molar-refractivity contribution in [3.8, 4) is 5.75 Å². The Morgan fingerprint density at radius 3 is 1.97 bits per heavy atom. The third kappa shape index (κ3) is 6.31. The smallest absolute Gasteiger partial charge is 0.261 e. The number of sulfonamides is 1. The Kier molecular flexibility index (Phi) is 7.71. The first-order valence-electron chi connectivity index (χ1n) is 11.5.